The van der Waals surface area contributed by atoms with Gasteiger partial charge in [-0.25, -0.2) is 13.6 Å². The summed E-state index contributed by atoms with van der Waals surface area (Å²) in [7, 11) is 0. The molecule has 0 unspecified atom stereocenters. The molecule has 154 valence electrons. The van der Waals surface area contributed by atoms with Crippen LogP contribution in [0.1, 0.15) is 37.3 Å². The number of hydrogen-bond acceptors (Lipinski definition) is 2. The number of nitrogens with zero attached hydrogens (tertiary/aromatic N) is 2. The summed E-state index contributed by atoms with van der Waals surface area (Å²) in [6.45, 7) is 5.73. The van der Waals surface area contributed by atoms with Crippen molar-refractivity contribution >= 4 is 11.7 Å². The van der Waals surface area contributed by atoms with Crippen LogP contribution in [0, 0.1) is 11.6 Å². The Hall–Kier alpha value is -2.47. The molecule has 2 aromatic carbocycles. The highest BCUT2D eigenvalue weighted by atomic mass is 19.1. The number of piperidine rings is 1. The number of hydrogen-bond donors (Lipinski definition) is 1. The third-order valence-electron chi connectivity index (χ3n) is 6.19. The minimum atomic E-state index is -0.257. The van der Waals surface area contributed by atoms with Crippen molar-refractivity contribution in [3.8, 4) is 0 Å². The molecule has 0 radical (unpaired) electrons. The largest absolute Gasteiger partial charge is 0.338 e. The van der Waals surface area contributed by atoms with E-state index in [0.717, 1.165) is 55.7 Å². The maximum atomic E-state index is 14.1. The van der Waals surface area contributed by atoms with E-state index in [1.54, 1.807) is 17.0 Å². The van der Waals surface area contributed by atoms with Gasteiger partial charge in [0, 0.05) is 30.7 Å². The summed E-state index contributed by atoms with van der Waals surface area (Å²) >= 11 is 0. The van der Waals surface area contributed by atoms with E-state index in [1.807, 2.05) is 19.1 Å². The quantitative estimate of drug-likeness (QED) is 0.825. The molecule has 1 N–H and O–H groups in total. The smallest absolute Gasteiger partial charge is 0.321 e. The summed E-state index contributed by atoms with van der Waals surface area (Å²) in [5, 5.41) is 2.95. The fourth-order valence-corrected chi connectivity index (χ4v) is 4.56. The Labute approximate surface area is 170 Å². The van der Waals surface area contributed by atoms with Crippen molar-refractivity contribution in [2.24, 2.45) is 0 Å². The summed E-state index contributed by atoms with van der Waals surface area (Å²) in [6.07, 6.45) is 2.60. The van der Waals surface area contributed by atoms with Gasteiger partial charge in [-0.1, -0.05) is 19.1 Å². The van der Waals surface area contributed by atoms with Crippen LogP contribution in [0.15, 0.2) is 42.5 Å². The predicted molar refractivity (Wildman–Crippen MR) is 110 cm³/mol. The standard InChI is InChI=1S/C23H27F2N3O/c1-2-11-26-22(29)28-16-23(20-14-19(25)7-8-21(20)28)9-12-27(13-10-23)15-17-3-5-18(24)6-4-17/h3-8,14H,2,9-13,15-16H2,1H3,(H,26,29). The van der Waals surface area contributed by atoms with E-state index in [9.17, 15) is 13.6 Å². The molecule has 4 rings (SSSR count). The van der Waals surface area contributed by atoms with E-state index in [-0.39, 0.29) is 23.1 Å². The van der Waals surface area contributed by atoms with Gasteiger partial charge < -0.3 is 5.32 Å². The number of likely N-dealkylation sites (tertiary alicyclic amines) is 1. The lowest BCUT2D eigenvalue weighted by molar-refractivity contribution is 0.159. The molecule has 2 aliphatic rings. The average Bonchev–Trinajstić information content (AvgIpc) is 3.03. The monoisotopic (exact) mass is 399 g/mol. The molecular weight excluding hydrogens is 372 g/mol. The minimum Gasteiger partial charge on any atom is -0.338 e. The van der Waals surface area contributed by atoms with Crippen LogP contribution in [0.25, 0.3) is 0 Å². The number of benzene rings is 2. The van der Waals surface area contributed by atoms with Gasteiger partial charge in [-0.15, -0.1) is 0 Å². The highest BCUT2D eigenvalue weighted by Crippen LogP contribution is 2.47. The number of carbonyl (C=O) groups is 1. The lowest BCUT2D eigenvalue weighted by Gasteiger charge is -2.40. The van der Waals surface area contributed by atoms with E-state index in [0.29, 0.717) is 13.1 Å². The molecule has 29 heavy (non-hydrogen) atoms. The molecule has 1 saturated heterocycles. The number of nitrogens with one attached hydrogen (secondary N) is 1. The molecule has 2 aromatic rings. The van der Waals surface area contributed by atoms with Gasteiger partial charge in [-0.3, -0.25) is 9.80 Å². The van der Waals surface area contributed by atoms with E-state index in [1.165, 1.54) is 18.2 Å². The summed E-state index contributed by atoms with van der Waals surface area (Å²) in [4.78, 5) is 16.8. The van der Waals surface area contributed by atoms with E-state index in [2.05, 4.69) is 10.2 Å². The Bertz CT molecular complexity index is 876. The molecule has 0 bridgehead atoms. The van der Waals surface area contributed by atoms with Gasteiger partial charge >= 0.3 is 6.03 Å². The molecule has 0 saturated carbocycles. The maximum Gasteiger partial charge on any atom is 0.321 e. The van der Waals surface area contributed by atoms with Crippen LogP contribution in [-0.2, 0) is 12.0 Å². The highest BCUT2D eigenvalue weighted by molar-refractivity contribution is 5.95. The summed E-state index contributed by atoms with van der Waals surface area (Å²) in [5.41, 5.74) is 2.65. The lowest BCUT2D eigenvalue weighted by atomic mass is 9.74. The Morgan fingerprint density at radius 1 is 1.07 bits per heavy atom. The molecule has 2 amide bonds. The van der Waals surface area contributed by atoms with Crippen molar-refractivity contribution in [1.82, 2.24) is 10.2 Å². The van der Waals surface area contributed by atoms with E-state index < -0.39 is 0 Å². The van der Waals surface area contributed by atoms with Crippen LogP contribution >= 0.6 is 0 Å². The molecule has 1 fully saturated rings. The summed E-state index contributed by atoms with van der Waals surface area (Å²) in [6, 6.07) is 11.3. The van der Waals surface area contributed by atoms with Gasteiger partial charge in [-0.2, -0.15) is 0 Å². The molecule has 2 aliphatic heterocycles. The predicted octanol–water partition coefficient (Wildman–Crippen LogP) is 4.44. The van der Waals surface area contributed by atoms with Gasteiger partial charge in [0.15, 0.2) is 0 Å². The number of fused-ring (bicyclic) bond motifs is 2. The number of rotatable bonds is 4. The average molecular weight is 399 g/mol. The second-order valence-electron chi connectivity index (χ2n) is 8.16. The SMILES string of the molecule is CCCNC(=O)N1CC2(CCN(Cc3ccc(F)cc3)CC2)c2cc(F)ccc21. The summed E-state index contributed by atoms with van der Waals surface area (Å²) < 4.78 is 27.2. The van der Waals surface area contributed by atoms with Crippen LogP contribution in [0.2, 0.25) is 0 Å². The Kier molecular flexibility index (Phi) is 5.54. The van der Waals surface area contributed by atoms with Crippen molar-refractivity contribution in [2.45, 2.75) is 38.1 Å². The molecule has 0 aromatic heterocycles. The minimum absolute atomic E-state index is 0.106. The van der Waals surface area contributed by atoms with Crippen LogP contribution in [0.4, 0.5) is 19.3 Å². The highest BCUT2D eigenvalue weighted by Gasteiger charge is 2.46. The Balaban J connectivity index is 1.50. The van der Waals surface area contributed by atoms with Crippen LogP contribution in [-0.4, -0.2) is 37.1 Å². The van der Waals surface area contributed by atoms with Crippen molar-refractivity contribution in [1.29, 1.82) is 0 Å². The Morgan fingerprint density at radius 3 is 2.45 bits per heavy atom. The maximum absolute atomic E-state index is 14.1. The van der Waals surface area contributed by atoms with Crippen molar-refractivity contribution < 1.29 is 13.6 Å². The van der Waals surface area contributed by atoms with Crippen molar-refractivity contribution in [3.63, 3.8) is 0 Å². The van der Waals surface area contributed by atoms with Crippen LogP contribution < -0.4 is 10.2 Å². The third-order valence-corrected chi connectivity index (χ3v) is 6.19. The fourth-order valence-electron chi connectivity index (χ4n) is 4.56. The molecule has 0 atom stereocenters. The first-order valence-corrected chi connectivity index (χ1v) is 10.3. The zero-order valence-corrected chi connectivity index (χ0v) is 16.8. The zero-order valence-electron chi connectivity index (χ0n) is 16.8. The van der Waals surface area contributed by atoms with Gasteiger partial charge in [0.2, 0.25) is 0 Å². The molecule has 6 heteroatoms. The number of halogens is 2. The first kappa shape index (κ1) is 19.8. The van der Waals surface area contributed by atoms with Crippen LogP contribution in [0.3, 0.4) is 0 Å². The van der Waals surface area contributed by atoms with Crippen molar-refractivity contribution in [2.75, 3.05) is 31.1 Å². The molecule has 4 nitrogen and oxygen atoms in total. The third kappa shape index (κ3) is 3.99. The number of urea groups is 1. The van der Waals surface area contributed by atoms with E-state index in [4.69, 9.17) is 0 Å². The zero-order chi connectivity index (χ0) is 20.4. The van der Waals surface area contributed by atoms with Gasteiger partial charge in [0.25, 0.3) is 0 Å². The normalized spacial score (nSPS) is 18.1. The second-order valence-corrected chi connectivity index (χ2v) is 8.16. The van der Waals surface area contributed by atoms with Crippen molar-refractivity contribution in [3.05, 3.63) is 65.2 Å². The number of anilines is 1. The molecule has 2 heterocycles. The van der Waals surface area contributed by atoms with E-state index >= 15 is 0 Å². The lowest BCUT2D eigenvalue weighted by Crippen LogP contribution is -2.47. The fraction of sp³-hybridized carbons (Fsp3) is 0.435. The van der Waals surface area contributed by atoms with Gasteiger partial charge in [0.05, 0.1) is 0 Å². The first-order chi connectivity index (χ1) is 14.0. The first-order valence-electron chi connectivity index (χ1n) is 10.3. The molecule has 0 aliphatic carbocycles. The van der Waals surface area contributed by atoms with Crippen LogP contribution in [0.5, 0.6) is 0 Å². The topological polar surface area (TPSA) is 35.6 Å². The van der Waals surface area contributed by atoms with Gasteiger partial charge in [-0.05, 0) is 73.8 Å². The molecular formula is C23H27F2N3O. The summed E-state index contributed by atoms with van der Waals surface area (Å²) in [5.74, 6) is -0.481. The number of amides is 2. The number of carbonyl (C=O) groups excluding carboxylic acids is 1. The molecule has 1 spiro atoms. The second kappa shape index (κ2) is 8.11. The van der Waals surface area contributed by atoms with Gasteiger partial charge in [0.1, 0.15) is 11.6 Å². The Morgan fingerprint density at radius 2 is 1.76 bits per heavy atom.